The molecular weight excluding hydrogens is 345 g/mol. The molecule has 0 radical (unpaired) electrons. The van der Waals surface area contributed by atoms with Gasteiger partial charge in [0.25, 0.3) is 0 Å². The summed E-state index contributed by atoms with van der Waals surface area (Å²) in [5, 5.41) is 13.0. The first-order valence-electron chi connectivity index (χ1n) is 6.05. The molecule has 5 heteroatoms. The van der Waals surface area contributed by atoms with E-state index in [4.69, 9.17) is 11.6 Å². The molecule has 0 aliphatic carbocycles. The van der Waals surface area contributed by atoms with E-state index in [1.165, 1.54) is 12.1 Å². The van der Waals surface area contributed by atoms with Crippen molar-refractivity contribution in [1.29, 1.82) is 0 Å². The first kappa shape index (κ1) is 15.3. The zero-order chi connectivity index (χ0) is 14.8. The number of benzene rings is 2. The van der Waals surface area contributed by atoms with Crippen LogP contribution in [0.3, 0.4) is 0 Å². The number of anilines is 1. The Morgan fingerprint density at radius 1 is 1.30 bits per heavy atom. The minimum Gasteiger partial charge on any atom is -0.394 e. The maximum atomic E-state index is 13.3. The Morgan fingerprint density at radius 3 is 2.60 bits per heavy atom. The largest absolute Gasteiger partial charge is 0.394 e. The summed E-state index contributed by atoms with van der Waals surface area (Å²) in [6.45, 7) is 1.67. The molecule has 0 heterocycles. The predicted molar refractivity (Wildman–Crippen MR) is 83.6 cm³/mol. The topological polar surface area (TPSA) is 32.3 Å². The van der Waals surface area contributed by atoms with Crippen LogP contribution in [0, 0.1) is 5.82 Å². The lowest BCUT2D eigenvalue weighted by Gasteiger charge is -2.31. The summed E-state index contributed by atoms with van der Waals surface area (Å²) < 4.78 is 14.1. The average molecular weight is 359 g/mol. The molecule has 0 amide bonds. The van der Waals surface area contributed by atoms with Crippen LogP contribution in [0.4, 0.5) is 10.1 Å². The Morgan fingerprint density at radius 2 is 2.00 bits per heavy atom. The molecular formula is C15H14BrClFNO. The molecule has 0 bridgehead atoms. The van der Waals surface area contributed by atoms with Crippen LogP contribution in [0.2, 0.25) is 5.02 Å². The van der Waals surface area contributed by atoms with E-state index in [9.17, 15) is 9.50 Å². The van der Waals surface area contributed by atoms with Crippen LogP contribution in [-0.4, -0.2) is 11.7 Å². The van der Waals surface area contributed by atoms with Gasteiger partial charge >= 0.3 is 0 Å². The van der Waals surface area contributed by atoms with Gasteiger partial charge in [-0.2, -0.15) is 0 Å². The van der Waals surface area contributed by atoms with Crippen molar-refractivity contribution < 1.29 is 9.50 Å². The van der Waals surface area contributed by atoms with Gasteiger partial charge in [0.05, 0.1) is 17.2 Å². The highest BCUT2D eigenvalue weighted by molar-refractivity contribution is 9.10. The number of rotatable bonds is 4. The molecule has 2 aromatic rings. The Hall–Kier alpha value is -1.10. The lowest BCUT2D eigenvalue weighted by molar-refractivity contribution is 0.224. The predicted octanol–water partition coefficient (Wildman–Crippen LogP) is 4.56. The lowest BCUT2D eigenvalue weighted by Crippen LogP contribution is -2.36. The molecule has 1 unspecified atom stereocenters. The highest BCUT2D eigenvalue weighted by atomic mass is 79.9. The van der Waals surface area contributed by atoms with E-state index in [0.29, 0.717) is 5.56 Å². The lowest BCUT2D eigenvalue weighted by atomic mass is 9.92. The van der Waals surface area contributed by atoms with Crippen molar-refractivity contribution in [2.45, 2.75) is 12.5 Å². The van der Waals surface area contributed by atoms with E-state index in [-0.39, 0.29) is 11.6 Å². The zero-order valence-corrected chi connectivity index (χ0v) is 13.2. The van der Waals surface area contributed by atoms with E-state index in [2.05, 4.69) is 21.2 Å². The van der Waals surface area contributed by atoms with Gasteiger partial charge in [0.2, 0.25) is 0 Å². The van der Waals surface area contributed by atoms with Crippen molar-refractivity contribution >= 4 is 33.2 Å². The third kappa shape index (κ3) is 3.14. The average Bonchev–Trinajstić information content (AvgIpc) is 2.44. The second kappa shape index (κ2) is 6.12. The summed E-state index contributed by atoms with van der Waals surface area (Å²) in [5.74, 6) is -0.475. The Balaban J connectivity index is 2.38. The fourth-order valence-corrected chi connectivity index (χ4v) is 2.47. The van der Waals surface area contributed by atoms with Crippen LogP contribution in [0.1, 0.15) is 12.5 Å². The molecule has 0 spiro atoms. The number of hydrogen-bond acceptors (Lipinski definition) is 2. The maximum Gasteiger partial charge on any atom is 0.141 e. The molecule has 0 aromatic heterocycles. The molecule has 20 heavy (non-hydrogen) atoms. The summed E-state index contributed by atoms with van der Waals surface area (Å²) in [6, 6.07) is 12.0. The summed E-state index contributed by atoms with van der Waals surface area (Å²) in [6.07, 6.45) is 0. The SMILES string of the molecule is CC(CO)(Nc1ccccc1Br)c1ccc(F)c(Cl)c1. The molecule has 0 fully saturated rings. The third-order valence-electron chi connectivity index (χ3n) is 3.16. The molecule has 0 saturated heterocycles. The number of para-hydroxylation sites is 1. The van der Waals surface area contributed by atoms with Gasteiger partial charge in [-0.05, 0) is 52.7 Å². The standard InChI is InChI=1S/C15H14BrClFNO/c1-15(9-20,10-6-7-13(18)12(17)8-10)19-14-5-3-2-4-11(14)16/h2-8,19-20H,9H2,1H3. The normalized spacial score (nSPS) is 13.8. The quantitative estimate of drug-likeness (QED) is 0.839. The Bertz CT molecular complexity index is 623. The summed E-state index contributed by atoms with van der Waals surface area (Å²) in [7, 11) is 0. The van der Waals surface area contributed by atoms with Gasteiger partial charge < -0.3 is 10.4 Å². The minimum atomic E-state index is -0.763. The number of hydrogen-bond donors (Lipinski definition) is 2. The van der Waals surface area contributed by atoms with Crippen LogP contribution in [0.15, 0.2) is 46.9 Å². The van der Waals surface area contributed by atoms with Gasteiger partial charge in [0.15, 0.2) is 0 Å². The number of aliphatic hydroxyl groups is 1. The smallest absolute Gasteiger partial charge is 0.141 e. The van der Waals surface area contributed by atoms with E-state index in [0.717, 1.165) is 10.2 Å². The van der Waals surface area contributed by atoms with Crippen molar-refractivity contribution in [2.24, 2.45) is 0 Å². The van der Waals surface area contributed by atoms with Crippen LogP contribution < -0.4 is 5.32 Å². The van der Waals surface area contributed by atoms with Crippen molar-refractivity contribution in [3.8, 4) is 0 Å². The fraction of sp³-hybridized carbons (Fsp3) is 0.200. The fourth-order valence-electron chi connectivity index (χ4n) is 1.90. The van der Waals surface area contributed by atoms with Gasteiger partial charge in [-0.15, -0.1) is 0 Å². The third-order valence-corrected chi connectivity index (χ3v) is 4.14. The molecule has 1 atom stereocenters. The molecule has 2 N–H and O–H groups in total. The van der Waals surface area contributed by atoms with Gasteiger partial charge in [-0.25, -0.2) is 4.39 Å². The Labute approximate surface area is 130 Å². The van der Waals surface area contributed by atoms with Crippen molar-refractivity contribution in [2.75, 3.05) is 11.9 Å². The second-order valence-electron chi connectivity index (χ2n) is 4.72. The summed E-state index contributed by atoms with van der Waals surface area (Å²) in [4.78, 5) is 0. The molecule has 2 rings (SSSR count). The highest BCUT2D eigenvalue weighted by Crippen LogP contribution is 2.31. The maximum absolute atomic E-state index is 13.3. The number of halogens is 3. The highest BCUT2D eigenvalue weighted by Gasteiger charge is 2.27. The van der Waals surface area contributed by atoms with E-state index in [1.54, 1.807) is 6.07 Å². The monoisotopic (exact) mass is 357 g/mol. The number of nitrogens with one attached hydrogen (secondary N) is 1. The first-order valence-corrected chi connectivity index (χ1v) is 7.22. The van der Waals surface area contributed by atoms with Crippen LogP contribution in [0.5, 0.6) is 0 Å². The van der Waals surface area contributed by atoms with Crippen molar-refractivity contribution in [3.63, 3.8) is 0 Å². The van der Waals surface area contributed by atoms with Crippen molar-refractivity contribution in [3.05, 3.63) is 63.3 Å². The molecule has 0 aliphatic heterocycles. The molecule has 2 nitrogen and oxygen atoms in total. The molecule has 0 saturated carbocycles. The van der Waals surface area contributed by atoms with E-state index >= 15 is 0 Å². The van der Waals surface area contributed by atoms with Crippen LogP contribution in [-0.2, 0) is 5.54 Å². The zero-order valence-electron chi connectivity index (χ0n) is 10.8. The molecule has 2 aromatic carbocycles. The molecule has 106 valence electrons. The van der Waals surface area contributed by atoms with Gasteiger partial charge in [0, 0.05) is 10.2 Å². The summed E-state index contributed by atoms with van der Waals surface area (Å²) >= 11 is 9.26. The van der Waals surface area contributed by atoms with Gasteiger partial charge in [-0.3, -0.25) is 0 Å². The minimum absolute atomic E-state index is 0.0381. The van der Waals surface area contributed by atoms with E-state index < -0.39 is 11.4 Å². The van der Waals surface area contributed by atoms with Crippen LogP contribution >= 0.6 is 27.5 Å². The summed E-state index contributed by atoms with van der Waals surface area (Å²) in [5.41, 5.74) is 0.785. The van der Waals surface area contributed by atoms with E-state index in [1.807, 2.05) is 31.2 Å². The van der Waals surface area contributed by atoms with Crippen LogP contribution in [0.25, 0.3) is 0 Å². The number of aliphatic hydroxyl groups excluding tert-OH is 1. The van der Waals surface area contributed by atoms with Crippen molar-refractivity contribution in [1.82, 2.24) is 0 Å². The Kier molecular flexibility index (Phi) is 4.68. The molecule has 0 aliphatic rings. The second-order valence-corrected chi connectivity index (χ2v) is 5.99. The van der Waals surface area contributed by atoms with Gasteiger partial charge in [0.1, 0.15) is 5.82 Å². The first-order chi connectivity index (χ1) is 9.46. The van der Waals surface area contributed by atoms with Gasteiger partial charge in [-0.1, -0.05) is 29.8 Å².